The molecule has 0 saturated heterocycles. The highest BCUT2D eigenvalue weighted by Gasteiger charge is 2.08. The number of thioether (sulfide) groups is 1. The molecule has 2 aromatic heterocycles. The van der Waals surface area contributed by atoms with Gasteiger partial charge in [0.1, 0.15) is 5.75 Å². The second kappa shape index (κ2) is 118. The van der Waals surface area contributed by atoms with Crippen molar-refractivity contribution in [2.75, 3.05) is 37.5 Å². The number of carbonyl (C=O) groups excluding carboxylic acids is 2. The van der Waals surface area contributed by atoms with Crippen molar-refractivity contribution in [3.05, 3.63) is 120 Å². The summed E-state index contributed by atoms with van der Waals surface area (Å²) in [4.78, 5) is 53.9. The first-order valence-electron chi connectivity index (χ1n) is 54.0. The van der Waals surface area contributed by atoms with E-state index >= 15 is 0 Å². The fraction of sp³-hybridized carbons (Fsp3) is 0.767. The van der Waals surface area contributed by atoms with E-state index < -0.39 is 11.9 Å². The quantitative estimate of drug-likeness (QED) is 0.00767. The van der Waals surface area contributed by atoms with E-state index in [1.54, 1.807) is 25.4 Å². The molecule has 140 heavy (non-hydrogen) atoms. The zero-order valence-electron chi connectivity index (χ0n) is 101. The van der Waals surface area contributed by atoms with Gasteiger partial charge in [-0.2, -0.15) is 24.4 Å². The topological polar surface area (TPSA) is 356 Å². The normalized spacial score (nSPS) is 10.6. The Morgan fingerprint density at radius 3 is 1.06 bits per heavy atom. The number of carbonyl (C=O) groups is 4. The third-order valence-electron chi connectivity index (χ3n) is 18.7. The van der Waals surface area contributed by atoms with Crippen molar-refractivity contribution in [3.8, 4) is 5.75 Å². The van der Waals surface area contributed by atoms with Gasteiger partial charge in [0.2, 0.25) is 11.8 Å². The highest BCUT2D eigenvalue weighted by molar-refractivity contribution is 7.98. The number of hydrogen-bond acceptors (Lipinski definition) is 12. The van der Waals surface area contributed by atoms with Crippen LogP contribution in [0.2, 0.25) is 0 Å². The van der Waals surface area contributed by atoms with Crippen LogP contribution in [0.4, 0.5) is 0 Å². The lowest BCUT2D eigenvalue weighted by atomic mass is 9.96. The standard InChI is InChI=1S/C12H15N.C10H14O.C10H14.C7H17N3.C7H17N.2C7H16.C6H10N2.C6H13NO.C6H12O2.C6H14S.C6H14.C5H11NO.C5H10O2.C5H12O.C4H10O.C4H10S.C4H10.C3H8.2H2/c1-9(2)7-10-8-13-12-6-4-3-5-11(10)12;1-8(2)7-9-3-5-10(11)6-4-9;1-9(2)8-10-6-4-3-5-7-10;1-6(2)4-3-5-10-7(8)9;1-7(2)5-3-4-6-8;1-6(2)5-7(3)4;1-5-7(4)6(2)3;1-5(2)6-3-7-4-8-6;2*1-5(2)3-4-6(7)8;1-6(2)4-5-7-3;1-5(2)6(3)4;2*1-4(2)3-5(6)7;1-4(2)5(3)6;2*1-4(2)3-5;1-4(2)3;1-3-2;;/h3-6,8-9,13H,7H2,1-2H3;3-6,8,11H,7H2,1-2H3;3-7,9H,8H2,1-2H3;6H,3-5H2,1-2H3,(H4,8,9,10);7H,3-6,8H2,1-2H3;2*6-7H,5H2,1-4H3;3-5H,1-2H3,(H,7,8);5H,3-4H2,1-2H3,(H2,7,8);5H,3-4H2,1-2H3,(H,7,8);6H,4-5H2,1-3H3;5-6H,1-4H3;4H,3H2,1-2H3,(H2,6,7);4H,3H2,1-2H3,(H,6,7);4-6H,1-3H3;2*4-5H,3H2,1-2H3;4H,1-3H3;3H2,1-2H3;2*1H. The molecule has 2 heterocycles. The van der Waals surface area contributed by atoms with Crippen LogP contribution in [0.15, 0.2) is 103 Å². The number of aromatic hydroxyl groups is 1. The summed E-state index contributed by atoms with van der Waals surface area (Å²) >= 11 is 5.95. The number of carboxylic acids is 2. The predicted molar refractivity (Wildman–Crippen MR) is 638 cm³/mol. The van der Waals surface area contributed by atoms with Crippen LogP contribution in [0.25, 0.3) is 10.9 Å². The number of phenols is 1. The summed E-state index contributed by atoms with van der Waals surface area (Å²) in [5, 5.41) is 43.4. The van der Waals surface area contributed by atoms with E-state index in [1.807, 2.05) is 99.3 Å². The lowest BCUT2D eigenvalue weighted by Crippen LogP contribution is -2.22. The number of nitrogens with one attached hydrogen (secondary N) is 2. The third kappa shape index (κ3) is 184. The summed E-state index contributed by atoms with van der Waals surface area (Å²) in [5.74, 6) is 15.7. The predicted octanol–water partition coefficient (Wildman–Crippen LogP) is 33.8. The maximum Gasteiger partial charge on any atom is 0.303 e. The minimum absolute atomic E-state index is 0. The number of imidazole rings is 1. The van der Waals surface area contributed by atoms with Gasteiger partial charge in [-0.05, 0) is 255 Å². The molecule has 20 heteroatoms. The Hall–Kier alpha value is -6.06. The van der Waals surface area contributed by atoms with Gasteiger partial charge in [-0.25, -0.2) is 4.98 Å². The number of aliphatic imine (C=N–C) groups is 1. The number of aliphatic carboxylic acids is 2. The Kier molecular flexibility index (Phi) is 139. The molecule has 0 saturated carbocycles. The van der Waals surface area contributed by atoms with Gasteiger partial charge < -0.3 is 64.2 Å². The van der Waals surface area contributed by atoms with E-state index in [-0.39, 0.29) is 39.1 Å². The van der Waals surface area contributed by atoms with Crippen molar-refractivity contribution in [1.29, 1.82) is 0 Å². The molecule has 18 nitrogen and oxygen atoms in total. The minimum Gasteiger partial charge on any atom is -0.508 e. The van der Waals surface area contributed by atoms with Crippen molar-refractivity contribution >= 4 is 65.0 Å². The van der Waals surface area contributed by atoms with Crippen molar-refractivity contribution in [3.63, 3.8) is 0 Å². The Balaban J connectivity index is -0.0000000849. The van der Waals surface area contributed by atoms with E-state index in [1.165, 1.54) is 96.8 Å². The molecule has 0 bridgehead atoms. The Bertz CT molecular complexity index is 3180. The molecule has 0 fully saturated rings. The number of para-hydroxylation sites is 1. The molecule has 2 unspecified atom stereocenters. The first-order chi connectivity index (χ1) is 64.5. The first kappa shape index (κ1) is 165. The average molecular weight is 2020 g/mol. The highest BCUT2D eigenvalue weighted by Crippen LogP contribution is 2.21. The number of amides is 2. The molecule has 838 valence electrons. The van der Waals surface area contributed by atoms with Crippen LogP contribution in [0.1, 0.15) is 446 Å². The number of guanidine groups is 1. The van der Waals surface area contributed by atoms with Gasteiger partial charge in [0, 0.05) is 70.7 Å². The number of aliphatic hydroxyl groups excluding tert-OH is 2. The summed E-state index contributed by atoms with van der Waals surface area (Å²) in [6, 6.07) is 26.5. The SMILES string of the molecule is CC(C)C.CC(C)C(C)C.CC(C)C(C)O.CC(C)CC(=O)O.CC(C)CC(C)C.CC(C)CC(N)=O.CC(C)CCC(=O)O.CC(C)CCC(N)=O.CC(C)CCCCN.CC(C)CCCN=C(N)N.CC(C)CO.CC(C)CS.CC(C)Cc1c[nH]c2ccccc12.CC(C)Cc1ccc(O)cc1.CC(C)Cc1ccccc1.CC(C)c1cnc[nH]1.CCC.CCC(C)C(C)C.CSCCC(C)C.[HH].[HH]. The van der Waals surface area contributed by atoms with Crippen LogP contribution in [0, 0.1) is 118 Å². The number of aromatic amines is 2. The number of fused-ring (bicyclic) bond motifs is 1. The molecule has 5 rings (SSSR count). The molecule has 0 aliphatic heterocycles. The van der Waals surface area contributed by atoms with Crippen LogP contribution in [0.5, 0.6) is 5.75 Å². The first-order valence-corrected chi connectivity index (χ1v) is 56.0. The van der Waals surface area contributed by atoms with Crippen LogP contribution in [-0.2, 0) is 38.4 Å². The number of unbranched alkanes of at least 4 members (excludes halogenated alkanes) is 1. The van der Waals surface area contributed by atoms with E-state index in [4.69, 9.17) is 54.2 Å². The largest absolute Gasteiger partial charge is 0.508 e. The summed E-state index contributed by atoms with van der Waals surface area (Å²) in [7, 11) is 0. The number of aliphatic hydroxyl groups is 2. The highest BCUT2D eigenvalue weighted by atomic mass is 32.2. The molecule has 0 aliphatic rings. The second-order valence-electron chi connectivity index (χ2n) is 44.7. The number of aromatic nitrogens is 3. The molecule has 2 amide bonds. The molecule has 2 atom stereocenters. The molecule has 17 N–H and O–H groups in total. The number of thiol groups is 1. The molecule has 0 spiro atoms. The fourth-order valence-electron chi connectivity index (χ4n) is 9.28. The molecule has 0 aliphatic carbocycles. The second-order valence-corrected chi connectivity index (χ2v) is 46.0. The Morgan fingerprint density at radius 1 is 0.450 bits per heavy atom. The average Bonchev–Trinajstić information content (AvgIpc) is 1.69. The van der Waals surface area contributed by atoms with Gasteiger partial charge in [0.15, 0.2) is 5.96 Å². The molecule has 0 radical (unpaired) electrons. The van der Waals surface area contributed by atoms with E-state index in [9.17, 15) is 19.2 Å². The van der Waals surface area contributed by atoms with Crippen molar-refractivity contribution in [2.24, 2.45) is 152 Å². The maximum absolute atomic E-state index is 10.1. The molecule has 3 aromatic carbocycles. The maximum atomic E-state index is 10.1. The van der Waals surface area contributed by atoms with Crippen molar-refractivity contribution in [2.45, 2.75) is 446 Å². The summed E-state index contributed by atoms with van der Waals surface area (Å²) in [6.45, 7) is 101. The number of hydrogen-bond donors (Lipinski definition) is 13. The molecule has 5 aromatic rings. The minimum atomic E-state index is -0.713. The van der Waals surface area contributed by atoms with E-state index in [0.29, 0.717) is 73.0 Å². The zero-order chi connectivity index (χ0) is 113. The third-order valence-corrected chi connectivity index (χ3v) is 20.1. The summed E-state index contributed by atoms with van der Waals surface area (Å²) in [5.41, 5.74) is 32.0. The van der Waals surface area contributed by atoms with Crippen LogP contribution in [0.3, 0.4) is 0 Å². The number of H-pyrrole nitrogens is 2. The Labute approximate surface area is 883 Å². The number of nitrogens with zero attached hydrogens (tertiary/aromatic N) is 2. The molecular formula is C120H247N9O9S2. The number of rotatable bonds is 36. The van der Waals surface area contributed by atoms with Crippen LogP contribution >= 0.6 is 24.4 Å². The number of primary amides is 2. The smallest absolute Gasteiger partial charge is 0.303 e. The lowest BCUT2D eigenvalue weighted by molar-refractivity contribution is -0.138. The van der Waals surface area contributed by atoms with Gasteiger partial charge in [0.05, 0.1) is 12.4 Å². The summed E-state index contributed by atoms with van der Waals surface area (Å²) < 4.78 is 0. The zero-order valence-corrected chi connectivity index (χ0v) is 102. The van der Waals surface area contributed by atoms with Gasteiger partial charge in [-0.3, -0.25) is 24.2 Å². The van der Waals surface area contributed by atoms with Gasteiger partial charge in [0.25, 0.3) is 0 Å². The Morgan fingerprint density at radius 2 is 0.836 bits per heavy atom. The monoisotopic (exact) mass is 2020 g/mol. The van der Waals surface area contributed by atoms with Crippen LogP contribution in [-0.4, -0.2) is 114 Å². The van der Waals surface area contributed by atoms with Crippen molar-refractivity contribution in [1.82, 2.24) is 15.0 Å². The van der Waals surface area contributed by atoms with Crippen molar-refractivity contribution < 1.29 is 47.6 Å². The van der Waals surface area contributed by atoms with Crippen LogP contribution < -0.4 is 28.7 Å². The van der Waals surface area contributed by atoms with Gasteiger partial charge >= 0.3 is 11.9 Å². The van der Waals surface area contributed by atoms with E-state index in [2.05, 4.69) is 342 Å². The van der Waals surface area contributed by atoms with E-state index in [0.717, 1.165) is 128 Å². The fourth-order valence-corrected chi connectivity index (χ4v) is 9.99. The number of nitrogens with two attached hydrogens (primary N) is 5. The number of benzene rings is 3. The van der Waals surface area contributed by atoms with Gasteiger partial charge in [-0.15, -0.1) is 0 Å². The lowest BCUT2D eigenvalue weighted by Gasteiger charge is -2.10. The molecular weight excluding hydrogens is 1780 g/mol. The number of phenolic OH excluding ortho intramolecular Hbond substituents is 1. The number of carboxylic acid groups (broad SMARTS) is 2. The summed E-state index contributed by atoms with van der Waals surface area (Å²) in [6.07, 6.45) is 25.8. The van der Waals surface area contributed by atoms with Gasteiger partial charge in [-0.1, -0.05) is 398 Å².